The van der Waals surface area contributed by atoms with Crippen LogP contribution in [-0.2, 0) is 27.4 Å². The molecule has 4 atom stereocenters. The maximum atomic E-state index is 11.7. The molecule has 0 spiro atoms. The largest absolute Gasteiger partial charge is 0.472 e. The van der Waals surface area contributed by atoms with Gasteiger partial charge in [0.2, 0.25) is 0 Å². The highest BCUT2D eigenvalue weighted by atomic mass is 31.2. The molecule has 4 unspecified atom stereocenters. The van der Waals surface area contributed by atoms with Gasteiger partial charge in [0.05, 0.1) is 25.4 Å². The third-order valence-electron chi connectivity index (χ3n) is 2.70. The molecule has 0 aromatic carbocycles. The third-order valence-corrected chi connectivity index (χ3v) is 4.27. The molecule has 2 radical (unpaired) electrons. The van der Waals surface area contributed by atoms with Crippen LogP contribution in [0, 0.1) is 0 Å². The van der Waals surface area contributed by atoms with Crippen molar-refractivity contribution in [3.63, 3.8) is 0 Å². The highest BCUT2D eigenvalue weighted by molar-refractivity contribution is 7.47. The Morgan fingerprint density at radius 1 is 1.24 bits per heavy atom. The molecule has 1 aliphatic rings. The fourth-order valence-corrected chi connectivity index (χ4v) is 3.19. The Bertz CT molecular complexity index is 414. The molecular formula is C9H19BO9P2. The summed E-state index contributed by atoms with van der Waals surface area (Å²) >= 11 is 0. The third kappa shape index (κ3) is 7.88. The molecule has 0 aromatic heterocycles. The summed E-state index contributed by atoms with van der Waals surface area (Å²) in [7, 11) is -3.24. The molecule has 122 valence electrons. The van der Waals surface area contributed by atoms with E-state index in [1.807, 2.05) is 6.92 Å². The van der Waals surface area contributed by atoms with Gasteiger partial charge in [-0.25, -0.2) is 9.13 Å². The molecule has 0 aromatic rings. The smallest absolute Gasteiger partial charge is 0.382 e. The van der Waals surface area contributed by atoms with Crippen LogP contribution in [0.25, 0.3) is 0 Å². The van der Waals surface area contributed by atoms with E-state index in [0.717, 1.165) is 0 Å². The van der Waals surface area contributed by atoms with Gasteiger partial charge in [0.1, 0.15) is 7.85 Å². The molecule has 1 saturated heterocycles. The highest BCUT2D eigenvalue weighted by Gasteiger charge is 2.37. The zero-order chi connectivity index (χ0) is 16.1. The van der Waals surface area contributed by atoms with Crippen molar-refractivity contribution in [3.8, 4) is 0 Å². The maximum Gasteiger partial charge on any atom is 0.472 e. The summed E-state index contributed by atoms with van der Waals surface area (Å²) < 4.78 is 41.3. The monoisotopic (exact) mass is 344 g/mol. The van der Waals surface area contributed by atoms with Gasteiger partial charge < -0.3 is 19.4 Å². The molecule has 1 heterocycles. The van der Waals surface area contributed by atoms with E-state index in [1.165, 1.54) is 0 Å². The van der Waals surface area contributed by atoms with E-state index in [-0.39, 0.29) is 32.2 Å². The molecule has 9 nitrogen and oxygen atoms in total. The number of hydrogen-bond donors (Lipinski definition) is 3. The minimum absolute atomic E-state index is 0.0247. The zero-order valence-corrected chi connectivity index (χ0v) is 13.3. The minimum Gasteiger partial charge on any atom is -0.382 e. The van der Waals surface area contributed by atoms with Crippen LogP contribution in [0.3, 0.4) is 0 Å². The molecule has 1 aliphatic heterocycles. The first-order valence-electron chi connectivity index (χ1n) is 6.40. The first-order chi connectivity index (χ1) is 9.63. The standard InChI is InChI=1S/C9H19BO9P2/c1-2-7-8(6-9(10)18-7)19-21(14,15)17-5-3-4-16-20(11,12)13/h7-9H,2-6H2,1H3,(H,14,15)(H2,11,12,13). The topological polar surface area (TPSA) is 132 Å². The lowest BCUT2D eigenvalue weighted by Crippen LogP contribution is -2.23. The Morgan fingerprint density at radius 2 is 1.86 bits per heavy atom. The van der Waals surface area contributed by atoms with Gasteiger partial charge in [-0.15, -0.1) is 0 Å². The second-order valence-corrected chi connectivity index (χ2v) is 7.13. The van der Waals surface area contributed by atoms with Gasteiger partial charge in [0.15, 0.2) is 0 Å². The summed E-state index contributed by atoms with van der Waals surface area (Å²) in [6.45, 7) is 1.28. The van der Waals surface area contributed by atoms with E-state index >= 15 is 0 Å². The quantitative estimate of drug-likeness (QED) is 0.314. The molecule has 21 heavy (non-hydrogen) atoms. The van der Waals surface area contributed by atoms with Gasteiger partial charge >= 0.3 is 15.6 Å². The molecule has 0 amide bonds. The summed E-state index contributed by atoms with van der Waals surface area (Å²) in [6.07, 6.45) is -0.117. The van der Waals surface area contributed by atoms with E-state index < -0.39 is 27.8 Å². The van der Waals surface area contributed by atoms with Gasteiger partial charge in [-0.3, -0.25) is 13.6 Å². The lowest BCUT2D eigenvalue weighted by molar-refractivity contribution is 0.0219. The number of ether oxygens (including phenoxy) is 1. The van der Waals surface area contributed by atoms with Crippen LogP contribution in [0.4, 0.5) is 0 Å². The molecule has 1 rings (SSSR count). The first-order valence-corrected chi connectivity index (χ1v) is 9.42. The average Bonchev–Trinajstić information content (AvgIpc) is 2.66. The predicted molar refractivity (Wildman–Crippen MR) is 72.6 cm³/mol. The van der Waals surface area contributed by atoms with Gasteiger partial charge in [-0.1, -0.05) is 6.92 Å². The van der Waals surface area contributed by atoms with Crippen molar-refractivity contribution in [2.75, 3.05) is 13.2 Å². The number of phosphoric ester groups is 2. The van der Waals surface area contributed by atoms with Crippen molar-refractivity contribution < 1.29 is 42.1 Å². The molecule has 0 saturated carbocycles. The highest BCUT2D eigenvalue weighted by Crippen LogP contribution is 2.47. The second kappa shape index (κ2) is 8.20. The minimum atomic E-state index is -4.54. The molecule has 0 aliphatic carbocycles. The lowest BCUT2D eigenvalue weighted by atomic mass is 9.96. The summed E-state index contributed by atoms with van der Waals surface area (Å²) in [5.74, 6) is 0. The fourth-order valence-electron chi connectivity index (χ4n) is 1.84. The van der Waals surface area contributed by atoms with Gasteiger partial charge in [-0.05, 0) is 19.3 Å². The van der Waals surface area contributed by atoms with E-state index in [2.05, 4.69) is 4.52 Å². The SMILES string of the molecule is [B]C1CC(OP(=O)(O)OCCCOP(=O)(O)O)C(CC)O1. The van der Waals surface area contributed by atoms with E-state index in [4.69, 9.17) is 31.4 Å². The van der Waals surface area contributed by atoms with Gasteiger partial charge in [-0.2, -0.15) is 0 Å². The zero-order valence-electron chi connectivity index (χ0n) is 11.5. The lowest BCUT2D eigenvalue weighted by Gasteiger charge is -2.20. The fraction of sp³-hybridized carbons (Fsp3) is 1.00. The van der Waals surface area contributed by atoms with Crippen LogP contribution >= 0.6 is 15.6 Å². The summed E-state index contributed by atoms with van der Waals surface area (Å²) in [6, 6.07) is -0.545. The Labute approximate surface area is 124 Å². The van der Waals surface area contributed by atoms with Gasteiger partial charge in [0.25, 0.3) is 0 Å². The van der Waals surface area contributed by atoms with Crippen molar-refractivity contribution in [2.45, 2.75) is 44.4 Å². The van der Waals surface area contributed by atoms with Crippen LogP contribution in [0.5, 0.6) is 0 Å². The van der Waals surface area contributed by atoms with Crippen molar-refractivity contribution in [2.24, 2.45) is 0 Å². The molecule has 3 N–H and O–H groups in total. The van der Waals surface area contributed by atoms with E-state index in [9.17, 15) is 14.0 Å². The normalized spacial score (nSPS) is 29.4. The first kappa shape index (κ1) is 19.3. The molecule has 1 fully saturated rings. The van der Waals surface area contributed by atoms with Crippen molar-refractivity contribution in [1.82, 2.24) is 0 Å². The summed E-state index contributed by atoms with van der Waals surface area (Å²) in [5.41, 5.74) is 0. The van der Waals surface area contributed by atoms with Crippen LogP contribution in [-0.4, -0.2) is 54.0 Å². The Hall–Kier alpha value is 0.245. The predicted octanol–water partition coefficient (Wildman–Crippen LogP) is 0.681. The summed E-state index contributed by atoms with van der Waals surface area (Å²) in [5, 5.41) is 0. The Balaban J connectivity index is 2.30. The van der Waals surface area contributed by atoms with Crippen LogP contribution in [0.1, 0.15) is 26.2 Å². The van der Waals surface area contributed by atoms with Crippen molar-refractivity contribution in [3.05, 3.63) is 0 Å². The van der Waals surface area contributed by atoms with Crippen LogP contribution < -0.4 is 0 Å². The second-order valence-electron chi connectivity index (χ2n) is 4.48. The maximum absolute atomic E-state index is 11.7. The van der Waals surface area contributed by atoms with Crippen molar-refractivity contribution >= 4 is 23.5 Å². The molecular weight excluding hydrogens is 325 g/mol. The van der Waals surface area contributed by atoms with Gasteiger partial charge in [0, 0.05) is 6.00 Å². The molecule has 12 heteroatoms. The van der Waals surface area contributed by atoms with Crippen LogP contribution in [0.2, 0.25) is 0 Å². The Kier molecular flexibility index (Phi) is 7.53. The number of rotatable bonds is 9. The summed E-state index contributed by atoms with van der Waals surface area (Å²) in [4.78, 5) is 26.4. The van der Waals surface area contributed by atoms with Crippen LogP contribution in [0.15, 0.2) is 0 Å². The average molecular weight is 344 g/mol. The molecule has 0 bridgehead atoms. The van der Waals surface area contributed by atoms with Crippen molar-refractivity contribution in [1.29, 1.82) is 0 Å². The van der Waals surface area contributed by atoms with E-state index in [1.54, 1.807) is 0 Å². The number of phosphoric acid groups is 2. The Morgan fingerprint density at radius 3 is 2.43 bits per heavy atom. The van der Waals surface area contributed by atoms with E-state index in [0.29, 0.717) is 6.42 Å². The number of hydrogen-bond acceptors (Lipinski definition) is 6.